The summed E-state index contributed by atoms with van der Waals surface area (Å²) in [5.41, 5.74) is 6.01. The largest absolute Gasteiger partial charge is 0.329 e. The molecule has 88 valence electrons. The van der Waals surface area contributed by atoms with Crippen molar-refractivity contribution < 1.29 is 0 Å². The van der Waals surface area contributed by atoms with E-state index in [0.29, 0.717) is 0 Å². The van der Waals surface area contributed by atoms with Crippen LogP contribution in [0.1, 0.15) is 26.2 Å². The van der Waals surface area contributed by atoms with Crippen LogP contribution in [0.2, 0.25) is 0 Å². The molecule has 0 bridgehead atoms. The zero-order valence-electron chi connectivity index (χ0n) is 9.58. The standard InChI is InChI=1S/C13H18BrNS/c1-10-3-2-8-13(10,9-15)16-12-6-4-11(14)5-7-12/h4-7,10H,2-3,8-9,15H2,1H3. The first kappa shape index (κ1) is 12.5. The van der Waals surface area contributed by atoms with Crippen molar-refractivity contribution in [3.8, 4) is 0 Å². The predicted molar refractivity (Wildman–Crippen MR) is 74.8 cm³/mol. The molecule has 1 aliphatic carbocycles. The first-order valence-corrected chi connectivity index (χ1v) is 7.42. The highest BCUT2D eigenvalue weighted by Gasteiger charge is 2.39. The fraction of sp³-hybridized carbons (Fsp3) is 0.538. The van der Waals surface area contributed by atoms with Crippen molar-refractivity contribution in [2.75, 3.05) is 6.54 Å². The van der Waals surface area contributed by atoms with Gasteiger partial charge in [-0.3, -0.25) is 0 Å². The van der Waals surface area contributed by atoms with Crippen molar-refractivity contribution in [3.05, 3.63) is 28.7 Å². The molecule has 1 nitrogen and oxygen atoms in total. The molecule has 0 aliphatic heterocycles. The summed E-state index contributed by atoms with van der Waals surface area (Å²) in [6, 6.07) is 8.56. The van der Waals surface area contributed by atoms with E-state index in [0.717, 1.165) is 16.9 Å². The summed E-state index contributed by atoms with van der Waals surface area (Å²) in [6.07, 6.45) is 3.90. The van der Waals surface area contributed by atoms with Gasteiger partial charge in [-0.05, 0) is 43.0 Å². The van der Waals surface area contributed by atoms with E-state index in [1.807, 2.05) is 11.8 Å². The van der Waals surface area contributed by atoms with Gasteiger partial charge in [0.05, 0.1) is 0 Å². The maximum atomic E-state index is 6.01. The van der Waals surface area contributed by atoms with E-state index < -0.39 is 0 Å². The van der Waals surface area contributed by atoms with E-state index in [1.165, 1.54) is 24.2 Å². The highest BCUT2D eigenvalue weighted by Crippen LogP contribution is 2.48. The molecule has 0 amide bonds. The summed E-state index contributed by atoms with van der Waals surface area (Å²) in [5.74, 6) is 0.728. The molecule has 1 fully saturated rings. The first-order chi connectivity index (χ1) is 7.66. The molecular weight excluding hydrogens is 282 g/mol. The van der Waals surface area contributed by atoms with Crippen LogP contribution < -0.4 is 5.73 Å². The van der Waals surface area contributed by atoms with Gasteiger partial charge in [0.2, 0.25) is 0 Å². The van der Waals surface area contributed by atoms with Gasteiger partial charge in [-0.15, -0.1) is 11.8 Å². The fourth-order valence-electron chi connectivity index (χ4n) is 2.45. The third kappa shape index (κ3) is 2.47. The Balaban J connectivity index is 2.15. The lowest BCUT2D eigenvalue weighted by Gasteiger charge is -2.31. The van der Waals surface area contributed by atoms with Crippen molar-refractivity contribution in [1.82, 2.24) is 0 Å². The number of benzene rings is 1. The number of halogens is 1. The second-order valence-electron chi connectivity index (χ2n) is 4.62. The predicted octanol–water partition coefficient (Wildman–Crippen LogP) is 4.06. The summed E-state index contributed by atoms with van der Waals surface area (Å²) in [7, 11) is 0. The van der Waals surface area contributed by atoms with Crippen molar-refractivity contribution in [1.29, 1.82) is 0 Å². The van der Waals surface area contributed by atoms with Gasteiger partial charge in [0.1, 0.15) is 0 Å². The lowest BCUT2D eigenvalue weighted by Crippen LogP contribution is -2.36. The van der Waals surface area contributed by atoms with Crippen LogP contribution >= 0.6 is 27.7 Å². The summed E-state index contributed by atoms with van der Waals surface area (Å²) in [6.45, 7) is 3.13. The Kier molecular flexibility index (Phi) is 3.98. The highest BCUT2D eigenvalue weighted by atomic mass is 79.9. The van der Waals surface area contributed by atoms with Gasteiger partial charge >= 0.3 is 0 Å². The van der Waals surface area contributed by atoms with Crippen molar-refractivity contribution in [2.45, 2.75) is 35.8 Å². The average Bonchev–Trinajstić information content (AvgIpc) is 2.64. The van der Waals surface area contributed by atoms with Crippen LogP contribution in [-0.4, -0.2) is 11.3 Å². The van der Waals surface area contributed by atoms with Crippen LogP contribution in [0.3, 0.4) is 0 Å². The molecule has 0 heterocycles. The molecule has 0 saturated heterocycles. The number of thioether (sulfide) groups is 1. The van der Waals surface area contributed by atoms with Gasteiger partial charge in [-0.25, -0.2) is 0 Å². The molecule has 2 unspecified atom stereocenters. The second-order valence-corrected chi connectivity index (χ2v) is 7.02. The molecule has 1 saturated carbocycles. The zero-order valence-corrected chi connectivity index (χ0v) is 12.0. The molecule has 1 aromatic carbocycles. The molecule has 2 rings (SSSR count). The van der Waals surface area contributed by atoms with Crippen LogP contribution in [0.5, 0.6) is 0 Å². The lowest BCUT2D eigenvalue weighted by atomic mass is 9.97. The van der Waals surface area contributed by atoms with Crippen molar-refractivity contribution in [2.24, 2.45) is 11.7 Å². The summed E-state index contributed by atoms with van der Waals surface area (Å²) in [4.78, 5) is 1.34. The number of nitrogens with two attached hydrogens (primary N) is 1. The molecule has 2 N–H and O–H groups in total. The Labute approximate surface area is 110 Å². The number of hydrogen-bond acceptors (Lipinski definition) is 2. The van der Waals surface area contributed by atoms with E-state index >= 15 is 0 Å². The monoisotopic (exact) mass is 299 g/mol. The van der Waals surface area contributed by atoms with Crippen LogP contribution in [-0.2, 0) is 0 Å². The molecule has 1 aliphatic rings. The second kappa shape index (κ2) is 5.11. The van der Waals surface area contributed by atoms with Crippen LogP contribution in [0.25, 0.3) is 0 Å². The Hall–Kier alpha value is 0.01000. The maximum Gasteiger partial charge on any atom is 0.0354 e. The Morgan fingerprint density at radius 1 is 1.44 bits per heavy atom. The summed E-state index contributed by atoms with van der Waals surface area (Å²) >= 11 is 5.44. The van der Waals surface area contributed by atoms with Gasteiger partial charge in [0, 0.05) is 20.7 Å². The fourth-order valence-corrected chi connectivity index (χ4v) is 4.11. The quantitative estimate of drug-likeness (QED) is 0.911. The Bertz CT molecular complexity index is 351. The summed E-state index contributed by atoms with van der Waals surface area (Å²) < 4.78 is 1.41. The third-order valence-corrected chi connectivity index (χ3v) is 5.83. The molecule has 0 spiro atoms. The molecule has 0 radical (unpaired) electrons. The highest BCUT2D eigenvalue weighted by molar-refractivity contribution is 9.10. The molecule has 16 heavy (non-hydrogen) atoms. The van der Waals surface area contributed by atoms with Gasteiger partial charge in [-0.2, -0.15) is 0 Å². The topological polar surface area (TPSA) is 26.0 Å². The summed E-state index contributed by atoms with van der Waals surface area (Å²) in [5, 5.41) is 0. The van der Waals surface area contributed by atoms with Gasteiger partial charge in [0.15, 0.2) is 0 Å². The zero-order chi connectivity index (χ0) is 11.6. The van der Waals surface area contributed by atoms with Crippen molar-refractivity contribution in [3.63, 3.8) is 0 Å². The lowest BCUT2D eigenvalue weighted by molar-refractivity contribution is 0.476. The molecule has 0 aromatic heterocycles. The van der Waals surface area contributed by atoms with E-state index in [4.69, 9.17) is 5.73 Å². The van der Waals surface area contributed by atoms with E-state index in [1.54, 1.807) is 0 Å². The van der Waals surface area contributed by atoms with E-state index in [2.05, 4.69) is 47.1 Å². The van der Waals surface area contributed by atoms with Crippen LogP contribution in [0.15, 0.2) is 33.6 Å². The number of rotatable bonds is 3. The average molecular weight is 300 g/mol. The molecule has 3 heteroatoms. The third-order valence-electron chi connectivity index (χ3n) is 3.62. The van der Waals surface area contributed by atoms with E-state index in [9.17, 15) is 0 Å². The Morgan fingerprint density at radius 3 is 2.62 bits per heavy atom. The Morgan fingerprint density at radius 2 is 2.12 bits per heavy atom. The smallest absolute Gasteiger partial charge is 0.0354 e. The van der Waals surface area contributed by atoms with Crippen LogP contribution in [0.4, 0.5) is 0 Å². The van der Waals surface area contributed by atoms with Gasteiger partial charge in [0.25, 0.3) is 0 Å². The molecular formula is C13H18BrNS. The molecule has 1 aromatic rings. The van der Waals surface area contributed by atoms with Crippen LogP contribution in [0, 0.1) is 5.92 Å². The number of hydrogen-bond donors (Lipinski definition) is 1. The first-order valence-electron chi connectivity index (χ1n) is 5.81. The minimum Gasteiger partial charge on any atom is -0.329 e. The SMILES string of the molecule is CC1CCCC1(CN)Sc1ccc(Br)cc1. The minimum atomic E-state index is 0.272. The normalized spacial score (nSPS) is 29.6. The van der Waals surface area contributed by atoms with E-state index in [-0.39, 0.29) is 4.75 Å². The maximum absolute atomic E-state index is 6.01. The van der Waals surface area contributed by atoms with Crippen molar-refractivity contribution >= 4 is 27.7 Å². The molecule has 2 atom stereocenters. The van der Waals surface area contributed by atoms with Gasteiger partial charge < -0.3 is 5.73 Å². The van der Waals surface area contributed by atoms with Gasteiger partial charge in [-0.1, -0.05) is 29.3 Å². The minimum absolute atomic E-state index is 0.272.